The van der Waals surface area contributed by atoms with Crippen LogP contribution in [0, 0.1) is 12.3 Å². The maximum absolute atomic E-state index is 6.13. The fourth-order valence-electron chi connectivity index (χ4n) is 5.88. The summed E-state index contributed by atoms with van der Waals surface area (Å²) in [4.78, 5) is 2.77. The maximum atomic E-state index is 6.13. The van der Waals surface area contributed by atoms with Gasteiger partial charge < -0.3 is 9.73 Å². The number of fused-ring (bicyclic) bond motifs is 5. The van der Waals surface area contributed by atoms with Crippen LogP contribution in [0.5, 0.6) is 0 Å². The van der Waals surface area contributed by atoms with Crippen LogP contribution in [0.15, 0.2) is 22.8 Å². The molecule has 0 bridgehead atoms. The number of rotatable bonds is 0. The van der Waals surface area contributed by atoms with E-state index in [0.29, 0.717) is 23.4 Å². The average Bonchev–Trinajstić information content (AvgIpc) is 3.08. The summed E-state index contributed by atoms with van der Waals surface area (Å²) in [5, 5.41) is 3.71. The van der Waals surface area contributed by atoms with Gasteiger partial charge in [0.1, 0.15) is 5.76 Å². The topological polar surface area (TPSA) is 28.4 Å². The minimum absolute atomic E-state index is 0.373. The number of aryl methyl sites for hydroxylation is 1. The van der Waals surface area contributed by atoms with Crippen molar-refractivity contribution in [1.82, 2.24) is 10.2 Å². The van der Waals surface area contributed by atoms with Crippen LogP contribution in [0.4, 0.5) is 0 Å². The number of hydrogen-bond acceptors (Lipinski definition) is 3. The van der Waals surface area contributed by atoms with Crippen molar-refractivity contribution in [3.8, 4) is 0 Å². The standard InChI is InChI=1S/C19H26N2O/c1-13-11-22-17-16(13)15-7-8-20-12-19(15)10-14-6-4-2-3-5-9-21(14)18(17)19/h4,6,11,14-15,18,20H,2-3,5,7-10,12H2,1H3/b6-4-/t14-,15-,18-,19-/m0/s1. The Bertz CT molecular complexity index is 619. The van der Waals surface area contributed by atoms with E-state index in [-0.39, 0.29) is 0 Å². The highest BCUT2D eigenvalue weighted by Gasteiger charge is 2.63. The Balaban J connectivity index is 1.65. The molecule has 118 valence electrons. The summed E-state index contributed by atoms with van der Waals surface area (Å²) in [5.41, 5.74) is 3.32. The predicted octanol–water partition coefficient (Wildman–Crippen LogP) is 3.52. The molecule has 0 radical (unpaired) electrons. The van der Waals surface area contributed by atoms with Gasteiger partial charge in [0.05, 0.1) is 12.3 Å². The highest BCUT2D eigenvalue weighted by Crippen LogP contribution is 2.66. The summed E-state index contributed by atoms with van der Waals surface area (Å²) in [6, 6.07) is 1.12. The first-order chi connectivity index (χ1) is 10.8. The van der Waals surface area contributed by atoms with Crippen LogP contribution in [0.1, 0.15) is 61.0 Å². The maximum Gasteiger partial charge on any atom is 0.125 e. The number of piperidine rings is 1. The molecule has 3 heteroatoms. The first-order valence-corrected chi connectivity index (χ1v) is 9.02. The summed E-state index contributed by atoms with van der Waals surface area (Å²) < 4.78 is 6.13. The Morgan fingerprint density at radius 1 is 1.36 bits per heavy atom. The van der Waals surface area contributed by atoms with E-state index in [1.807, 2.05) is 6.26 Å². The number of allylic oxidation sites excluding steroid dienone is 1. The van der Waals surface area contributed by atoms with Crippen molar-refractivity contribution in [3.05, 3.63) is 35.3 Å². The molecule has 0 saturated carbocycles. The highest BCUT2D eigenvalue weighted by atomic mass is 16.3. The normalized spacial score (nSPS) is 42.0. The van der Waals surface area contributed by atoms with Crippen molar-refractivity contribution in [1.29, 1.82) is 0 Å². The van der Waals surface area contributed by atoms with Crippen LogP contribution >= 0.6 is 0 Å². The van der Waals surface area contributed by atoms with Crippen molar-refractivity contribution >= 4 is 0 Å². The summed E-state index contributed by atoms with van der Waals surface area (Å²) >= 11 is 0. The molecule has 1 aromatic heterocycles. The second-order valence-corrected chi connectivity index (χ2v) is 7.78. The second-order valence-electron chi connectivity index (χ2n) is 7.78. The molecule has 3 nitrogen and oxygen atoms in total. The van der Waals surface area contributed by atoms with E-state index in [4.69, 9.17) is 4.42 Å². The van der Waals surface area contributed by atoms with Gasteiger partial charge in [-0.3, -0.25) is 4.90 Å². The van der Waals surface area contributed by atoms with Gasteiger partial charge in [0.15, 0.2) is 0 Å². The first-order valence-electron chi connectivity index (χ1n) is 9.02. The van der Waals surface area contributed by atoms with Crippen LogP contribution in [0.2, 0.25) is 0 Å². The fraction of sp³-hybridized carbons (Fsp3) is 0.684. The molecule has 1 aromatic rings. The van der Waals surface area contributed by atoms with E-state index in [0.717, 1.165) is 13.1 Å². The van der Waals surface area contributed by atoms with Crippen LogP contribution < -0.4 is 5.32 Å². The molecular formula is C19H26N2O. The lowest BCUT2D eigenvalue weighted by Crippen LogP contribution is -2.45. The van der Waals surface area contributed by atoms with E-state index in [1.165, 1.54) is 50.0 Å². The zero-order valence-corrected chi connectivity index (χ0v) is 13.5. The lowest BCUT2D eigenvalue weighted by atomic mass is 9.68. The Labute approximate surface area is 132 Å². The van der Waals surface area contributed by atoms with Crippen molar-refractivity contribution in [3.63, 3.8) is 0 Å². The third-order valence-electron chi connectivity index (χ3n) is 6.69. The largest absolute Gasteiger partial charge is 0.467 e. The van der Waals surface area contributed by atoms with E-state index < -0.39 is 0 Å². The average molecular weight is 298 g/mol. The van der Waals surface area contributed by atoms with Gasteiger partial charge in [0.2, 0.25) is 0 Å². The first kappa shape index (κ1) is 13.4. The molecule has 0 aromatic carbocycles. The summed E-state index contributed by atoms with van der Waals surface area (Å²) in [6.07, 6.45) is 13.4. The van der Waals surface area contributed by atoms with Gasteiger partial charge >= 0.3 is 0 Å². The Hall–Kier alpha value is -1.06. The SMILES string of the molecule is Cc1coc2c1[C@@H]1CCNC[C@@]13C[C@@H]1/C=C\CCCCN1[C@@H]23. The van der Waals surface area contributed by atoms with E-state index in [9.17, 15) is 0 Å². The lowest BCUT2D eigenvalue weighted by Gasteiger charge is -2.41. The molecule has 1 spiro atoms. The summed E-state index contributed by atoms with van der Waals surface area (Å²) in [5.74, 6) is 2.01. The minimum atomic E-state index is 0.373. The van der Waals surface area contributed by atoms with Crippen LogP contribution in [0.25, 0.3) is 0 Å². The molecule has 4 heterocycles. The van der Waals surface area contributed by atoms with Gasteiger partial charge in [-0.1, -0.05) is 12.2 Å². The van der Waals surface area contributed by atoms with Crippen molar-refractivity contribution in [2.24, 2.45) is 5.41 Å². The quantitative estimate of drug-likeness (QED) is 0.743. The van der Waals surface area contributed by atoms with E-state index in [2.05, 4.69) is 29.3 Å². The van der Waals surface area contributed by atoms with Gasteiger partial charge in [-0.2, -0.15) is 0 Å². The van der Waals surface area contributed by atoms with Gasteiger partial charge in [0, 0.05) is 23.6 Å². The highest BCUT2D eigenvalue weighted by molar-refractivity contribution is 5.44. The minimum Gasteiger partial charge on any atom is -0.467 e. The molecule has 2 fully saturated rings. The smallest absolute Gasteiger partial charge is 0.125 e. The lowest BCUT2D eigenvalue weighted by molar-refractivity contribution is 0.101. The molecule has 2 saturated heterocycles. The monoisotopic (exact) mass is 298 g/mol. The van der Waals surface area contributed by atoms with Crippen molar-refractivity contribution in [2.75, 3.05) is 19.6 Å². The van der Waals surface area contributed by atoms with Crippen molar-refractivity contribution < 1.29 is 4.42 Å². The molecule has 0 amide bonds. The molecule has 4 atom stereocenters. The zero-order chi connectivity index (χ0) is 14.7. The van der Waals surface area contributed by atoms with E-state index >= 15 is 0 Å². The van der Waals surface area contributed by atoms with Crippen LogP contribution in [0.3, 0.4) is 0 Å². The number of nitrogens with one attached hydrogen (secondary N) is 1. The molecule has 4 aliphatic rings. The second kappa shape index (κ2) is 4.72. The molecule has 22 heavy (non-hydrogen) atoms. The predicted molar refractivity (Wildman–Crippen MR) is 86.9 cm³/mol. The molecule has 5 rings (SSSR count). The van der Waals surface area contributed by atoms with Gasteiger partial charge in [-0.25, -0.2) is 0 Å². The fourth-order valence-corrected chi connectivity index (χ4v) is 5.88. The third kappa shape index (κ3) is 1.59. The third-order valence-corrected chi connectivity index (χ3v) is 6.69. The molecular weight excluding hydrogens is 272 g/mol. The Morgan fingerprint density at radius 3 is 3.27 bits per heavy atom. The summed E-state index contributed by atoms with van der Waals surface area (Å²) in [6.45, 7) is 5.79. The number of hydrogen-bond donors (Lipinski definition) is 1. The Morgan fingerprint density at radius 2 is 2.32 bits per heavy atom. The summed E-state index contributed by atoms with van der Waals surface area (Å²) in [7, 11) is 0. The molecule has 1 aliphatic carbocycles. The van der Waals surface area contributed by atoms with Gasteiger partial charge in [-0.15, -0.1) is 0 Å². The molecule has 1 N–H and O–H groups in total. The van der Waals surface area contributed by atoms with Crippen LogP contribution in [-0.4, -0.2) is 30.6 Å². The number of furan rings is 1. The van der Waals surface area contributed by atoms with Gasteiger partial charge in [-0.05, 0) is 63.6 Å². The molecule has 3 aliphatic heterocycles. The van der Waals surface area contributed by atoms with Crippen molar-refractivity contribution in [2.45, 2.75) is 57.0 Å². The number of nitrogens with zero attached hydrogens (tertiary/aromatic N) is 1. The van der Waals surface area contributed by atoms with E-state index in [1.54, 1.807) is 5.56 Å². The molecule has 0 unspecified atom stereocenters. The van der Waals surface area contributed by atoms with Gasteiger partial charge in [0.25, 0.3) is 0 Å². The Kier molecular flexibility index (Phi) is 2.87. The van der Waals surface area contributed by atoms with Crippen LogP contribution in [-0.2, 0) is 0 Å². The zero-order valence-electron chi connectivity index (χ0n) is 13.5.